The first-order valence-electron chi connectivity index (χ1n) is 12.3. The van der Waals surface area contributed by atoms with Gasteiger partial charge in [-0.2, -0.15) is 4.98 Å². The van der Waals surface area contributed by atoms with Crippen LogP contribution in [0.1, 0.15) is 56.3 Å². The average molecular weight is 466 g/mol. The Balaban J connectivity index is 1.45. The van der Waals surface area contributed by atoms with E-state index in [9.17, 15) is 9.59 Å². The second-order valence-electron chi connectivity index (χ2n) is 9.15. The number of hydrogen-bond acceptors (Lipinski definition) is 7. The van der Waals surface area contributed by atoms with Crippen molar-refractivity contribution >= 4 is 35.0 Å². The molecule has 2 aliphatic heterocycles. The molecule has 0 unspecified atom stereocenters. The second-order valence-corrected chi connectivity index (χ2v) is 9.15. The predicted octanol–water partition coefficient (Wildman–Crippen LogP) is 3.38. The van der Waals surface area contributed by atoms with Gasteiger partial charge < -0.3 is 25.8 Å². The van der Waals surface area contributed by atoms with Gasteiger partial charge in [0.05, 0.1) is 6.20 Å². The van der Waals surface area contributed by atoms with Gasteiger partial charge in [0.25, 0.3) is 5.91 Å². The second kappa shape index (κ2) is 10.8. The molecule has 1 aromatic heterocycles. The number of rotatable bonds is 7. The number of fused-ring (bicyclic) bond motifs is 1. The van der Waals surface area contributed by atoms with Crippen LogP contribution in [0.15, 0.2) is 30.5 Å². The van der Waals surface area contributed by atoms with Gasteiger partial charge in [0.15, 0.2) is 5.82 Å². The number of likely N-dealkylation sites (tertiary alicyclic amines) is 1. The van der Waals surface area contributed by atoms with Crippen LogP contribution in [-0.4, -0.2) is 65.4 Å². The highest BCUT2D eigenvalue weighted by Crippen LogP contribution is 2.31. The van der Waals surface area contributed by atoms with E-state index in [4.69, 9.17) is 4.98 Å². The zero-order chi connectivity index (χ0) is 24.1. The summed E-state index contributed by atoms with van der Waals surface area (Å²) in [6.07, 6.45) is 5.98. The Morgan fingerprint density at radius 3 is 2.53 bits per heavy atom. The summed E-state index contributed by atoms with van der Waals surface area (Å²) in [5, 5.41) is 9.30. The van der Waals surface area contributed by atoms with E-state index in [1.807, 2.05) is 24.3 Å². The zero-order valence-electron chi connectivity index (χ0n) is 20.3. The van der Waals surface area contributed by atoms with E-state index in [1.165, 1.54) is 0 Å². The van der Waals surface area contributed by atoms with Gasteiger partial charge in [0, 0.05) is 36.3 Å². The van der Waals surface area contributed by atoms with Crippen LogP contribution in [0.2, 0.25) is 0 Å². The van der Waals surface area contributed by atoms with Gasteiger partial charge in [0.2, 0.25) is 11.9 Å². The van der Waals surface area contributed by atoms with Gasteiger partial charge in [-0.25, -0.2) is 4.98 Å². The van der Waals surface area contributed by atoms with Crippen molar-refractivity contribution in [2.75, 3.05) is 42.2 Å². The number of carbonyl (C=O) groups is 2. The molecule has 2 amide bonds. The summed E-state index contributed by atoms with van der Waals surface area (Å²) in [6.45, 7) is 6.94. The number of nitrogens with one attached hydrogen (secondary N) is 3. The van der Waals surface area contributed by atoms with Crippen molar-refractivity contribution < 1.29 is 9.59 Å². The van der Waals surface area contributed by atoms with Crippen LogP contribution >= 0.6 is 0 Å². The predicted molar refractivity (Wildman–Crippen MR) is 135 cm³/mol. The molecule has 2 aliphatic rings. The fourth-order valence-electron chi connectivity index (χ4n) is 4.62. The quantitative estimate of drug-likeness (QED) is 0.576. The van der Waals surface area contributed by atoms with Crippen LogP contribution in [0.4, 0.5) is 23.1 Å². The van der Waals surface area contributed by atoms with E-state index >= 15 is 0 Å². The number of aromatic nitrogens is 2. The van der Waals surface area contributed by atoms with Gasteiger partial charge >= 0.3 is 0 Å². The van der Waals surface area contributed by atoms with Crippen LogP contribution in [0.25, 0.3) is 0 Å². The van der Waals surface area contributed by atoms with E-state index in [1.54, 1.807) is 6.20 Å². The summed E-state index contributed by atoms with van der Waals surface area (Å²) >= 11 is 0. The van der Waals surface area contributed by atoms with E-state index in [0.29, 0.717) is 36.2 Å². The SMILES string of the molecule is CCC(CC)N1CCC(=O)Nc2cnc(Nc3ccc(C(=O)NC4CCN(C)CC4)cc3)nc21. The molecule has 34 heavy (non-hydrogen) atoms. The number of hydrogen-bond donors (Lipinski definition) is 3. The molecule has 3 N–H and O–H groups in total. The third-order valence-electron chi connectivity index (χ3n) is 6.73. The number of anilines is 4. The van der Waals surface area contributed by atoms with Crippen LogP contribution < -0.4 is 20.9 Å². The fraction of sp³-hybridized carbons (Fsp3) is 0.520. The Kier molecular flexibility index (Phi) is 7.62. The molecule has 1 fully saturated rings. The molecule has 0 atom stereocenters. The van der Waals surface area contributed by atoms with Crippen molar-refractivity contribution in [3.63, 3.8) is 0 Å². The van der Waals surface area contributed by atoms with Crippen LogP contribution in [0, 0.1) is 0 Å². The highest BCUT2D eigenvalue weighted by Gasteiger charge is 2.26. The molecule has 0 bridgehead atoms. The molecule has 1 saturated heterocycles. The molecule has 0 spiro atoms. The molecule has 3 heterocycles. The van der Waals surface area contributed by atoms with Crippen molar-refractivity contribution in [1.82, 2.24) is 20.2 Å². The van der Waals surface area contributed by atoms with Crippen LogP contribution in [0.3, 0.4) is 0 Å². The first-order chi connectivity index (χ1) is 16.5. The Hall–Kier alpha value is -3.20. The van der Waals surface area contributed by atoms with Crippen molar-refractivity contribution in [3.8, 4) is 0 Å². The molecule has 0 saturated carbocycles. The van der Waals surface area contributed by atoms with Crippen molar-refractivity contribution in [3.05, 3.63) is 36.0 Å². The third kappa shape index (κ3) is 5.64. The molecule has 0 aliphatic carbocycles. The standard InChI is InChI=1S/C25H35N7O2/c1-4-20(5-2)32-15-12-22(33)29-21-16-26-25(30-23(21)32)28-18-8-6-17(7-9-18)24(34)27-19-10-13-31(3)14-11-19/h6-9,16,19-20H,4-5,10-15H2,1-3H3,(H,27,34)(H,29,33)(H,26,28,30). The summed E-state index contributed by atoms with van der Waals surface area (Å²) in [4.78, 5) is 38.4. The van der Waals surface area contributed by atoms with Gasteiger partial charge in [-0.3, -0.25) is 9.59 Å². The average Bonchev–Trinajstić information content (AvgIpc) is 3.00. The number of benzene rings is 1. The highest BCUT2D eigenvalue weighted by atomic mass is 16.2. The maximum Gasteiger partial charge on any atom is 0.251 e. The monoisotopic (exact) mass is 465 g/mol. The van der Waals surface area contributed by atoms with Gasteiger partial charge in [-0.1, -0.05) is 13.8 Å². The maximum absolute atomic E-state index is 12.6. The molecule has 2 aromatic rings. The van der Waals surface area contributed by atoms with E-state index in [0.717, 1.165) is 50.3 Å². The molecule has 1 aromatic carbocycles. The Bertz CT molecular complexity index is 999. The summed E-state index contributed by atoms with van der Waals surface area (Å²) in [5.41, 5.74) is 2.07. The molecule has 9 nitrogen and oxygen atoms in total. The van der Waals surface area contributed by atoms with Crippen molar-refractivity contribution in [2.24, 2.45) is 0 Å². The topological polar surface area (TPSA) is 102 Å². The number of amides is 2. The summed E-state index contributed by atoms with van der Waals surface area (Å²) in [7, 11) is 2.11. The third-order valence-corrected chi connectivity index (χ3v) is 6.73. The Morgan fingerprint density at radius 1 is 1.15 bits per heavy atom. The Labute approximate surface area is 201 Å². The van der Waals surface area contributed by atoms with Gasteiger partial charge in [-0.05, 0) is 70.1 Å². The molecular weight excluding hydrogens is 430 g/mol. The van der Waals surface area contributed by atoms with Crippen LogP contribution in [0.5, 0.6) is 0 Å². The first kappa shape index (κ1) is 23.9. The lowest BCUT2D eigenvalue weighted by molar-refractivity contribution is -0.116. The molecule has 4 rings (SSSR count). The van der Waals surface area contributed by atoms with E-state index in [-0.39, 0.29) is 17.9 Å². The molecule has 9 heteroatoms. The molecular formula is C25H35N7O2. The van der Waals surface area contributed by atoms with Gasteiger partial charge in [-0.15, -0.1) is 0 Å². The van der Waals surface area contributed by atoms with Crippen molar-refractivity contribution in [1.29, 1.82) is 0 Å². The smallest absolute Gasteiger partial charge is 0.251 e. The molecule has 0 radical (unpaired) electrons. The zero-order valence-corrected chi connectivity index (χ0v) is 20.3. The fourth-order valence-corrected chi connectivity index (χ4v) is 4.62. The summed E-state index contributed by atoms with van der Waals surface area (Å²) in [5.74, 6) is 1.13. The first-order valence-corrected chi connectivity index (χ1v) is 12.3. The minimum Gasteiger partial charge on any atom is -0.351 e. The van der Waals surface area contributed by atoms with Gasteiger partial charge in [0.1, 0.15) is 5.69 Å². The lowest BCUT2D eigenvalue weighted by Gasteiger charge is -2.31. The van der Waals surface area contributed by atoms with E-state index in [2.05, 4.69) is 51.6 Å². The normalized spacial score (nSPS) is 17.2. The molecule has 182 valence electrons. The minimum atomic E-state index is -0.0426. The summed E-state index contributed by atoms with van der Waals surface area (Å²) < 4.78 is 0. The van der Waals surface area contributed by atoms with E-state index < -0.39 is 0 Å². The maximum atomic E-state index is 12.6. The summed E-state index contributed by atoms with van der Waals surface area (Å²) in [6, 6.07) is 7.88. The number of carbonyl (C=O) groups excluding carboxylic acids is 2. The van der Waals surface area contributed by atoms with Crippen molar-refractivity contribution in [2.45, 2.75) is 58.0 Å². The van der Waals surface area contributed by atoms with Crippen LogP contribution in [-0.2, 0) is 4.79 Å². The lowest BCUT2D eigenvalue weighted by Crippen LogP contribution is -2.43. The lowest BCUT2D eigenvalue weighted by atomic mass is 10.0. The minimum absolute atomic E-state index is 0.0203. The highest BCUT2D eigenvalue weighted by molar-refractivity contribution is 5.96. The Morgan fingerprint density at radius 2 is 1.85 bits per heavy atom. The number of piperidine rings is 1. The number of nitrogens with zero attached hydrogens (tertiary/aromatic N) is 4. The largest absolute Gasteiger partial charge is 0.351 e.